The molecule has 0 aliphatic heterocycles. The first-order valence-corrected chi connectivity index (χ1v) is 5.57. The molecule has 0 saturated carbocycles. The van der Waals surface area contributed by atoms with Gasteiger partial charge in [0.25, 0.3) is 0 Å². The van der Waals surface area contributed by atoms with Crippen molar-refractivity contribution < 1.29 is 9.78 Å². The van der Waals surface area contributed by atoms with Crippen molar-refractivity contribution in [2.24, 2.45) is 0 Å². The summed E-state index contributed by atoms with van der Waals surface area (Å²) in [5.41, 5.74) is -0.196. The highest BCUT2D eigenvalue weighted by Gasteiger charge is 2.16. The van der Waals surface area contributed by atoms with E-state index in [4.69, 9.17) is 9.78 Å². The second kappa shape index (κ2) is 5.52. The van der Waals surface area contributed by atoms with Crippen molar-refractivity contribution in [1.82, 2.24) is 0 Å². The topological polar surface area (TPSA) is 18.5 Å². The van der Waals surface area contributed by atoms with Crippen LogP contribution in [0.2, 0.25) is 0 Å². The number of hydrogen-bond donors (Lipinski definition) is 0. The summed E-state index contributed by atoms with van der Waals surface area (Å²) in [4.78, 5) is 10.8. The zero-order valence-electron chi connectivity index (χ0n) is 9.58. The Kier molecular flexibility index (Phi) is 4.63. The lowest BCUT2D eigenvalue weighted by Crippen LogP contribution is -2.24. The predicted molar refractivity (Wildman–Crippen MR) is 57.9 cm³/mol. The molecule has 0 spiro atoms. The summed E-state index contributed by atoms with van der Waals surface area (Å²) in [5, 5.41) is 0. The second-order valence-electron chi connectivity index (χ2n) is 4.89. The lowest BCUT2D eigenvalue weighted by Gasteiger charge is -2.23. The Bertz CT molecular complexity index is 179. The van der Waals surface area contributed by atoms with Crippen LogP contribution in [0.1, 0.15) is 52.9 Å². The molecule has 14 heavy (non-hydrogen) atoms. The van der Waals surface area contributed by atoms with Crippen molar-refractivity contribution in [2.75, 3.05) is 0 Å². The summed E-state index contributed by atoms with van der Waals surface area (Å²) < 4.78 is 0. The summed E-state index contributed by atoms with van der Waals surface area (Å²) in [5.74, 6) is 0. The molecule has 2 nitrogen and oxygen atoms in total. The van der Waals surface area contributed by atoms with Crippen LogP contribution in [-0.4, -0.2) is 11.7 Å². The molecule has 0 radical (unpaired) electrons. The average Bonchev–Trinajstić information content (AvgIpc) is 2.00. The summed E-state index contributed by atoms with van der Waals surface area (Å²) in [6.07, 6.45) is 10.5. The summed E-state index contributed by atoms with van der Waals surface area (Å²) >= 11 is 0. The molecule has 0 N–H and O–H groups in total. The molecular weight excluding hydrogens is 176 g/mol. The smallest absolute Gasteiger partial charge is 0.0952 e. The third-order valence-corrected chi connectivity index (χ3v) is 2.15. The minimum absolute atomic E-state index is 0.196. The van der Waals surface area contributed by atoms with E-state index in [1.807, 2.05) is 20.8 Å². The van der Waals surface area contributed by atoms with Gasteiger partial charge in [-0.3, -0.25) is 0 Å². The summed E-state index contributed by atoms with van der Waals surface area (Å²) in [6, 6.07) is 0. The Morgan fingerprint density at radius 1 is 1.07 bits per heavy atom. The van der Waals surface area contributed by atoms with Gasteiger partial charge in [-0.2, -0.15) is 0 Å². The lowest BCUT2D eigenvalue weighted by atomic mass is 10.0. The number of hydrogen-bond acceptors (Lipinski definition) is 2. The van der Waals surface area contributed by atoms with Gasteiger partial charge >= 0.3 is 0 Å². The van der Waals surface area contributed by atoms with Crippen LogP contribution in [0, 0.1) is 0 Å². The molecule has 0 amide bonds. The van der Waals surface area contributed by atoms with Crippen LogP contribution in [0.15, 0.2) is 12.2 Å². The molecule has 1 aliphatic carbocycles. The molecule has 0 aromatic heterocycles. The van der Waals surface area contributed by atoms with Crippen LogP contribution < -0.4 is 0 Å². The molecule has 0 heterocycles. The van der Waals surface area contributed by atoms with E-state index in [1.54, 1.807) is 0 Å². The van der Waals surface area contributed by atoms with Crippen molar-refractivity contribution in [3.05, 3.63) is 12.2 Å². The van der Waals surface area contributed by atoms with Gasteiger partial charge in [0.1, 0.15) is 0 Å². The molecule has 2 heteroatoms. The van der Waals surface area contributed by atoms with Gasteiger partial charge in [0.05, 0.1) is 11.7 Å². The van der Waals surface area contributed by atoms with Gasteiger partial charge in [-0.05, 0) is 52.9 Å². The summed E-state index contributed by atoms with van der Waals surface area (Å²) in [7, 11) is 0. The van der Waals surface area contributed by atoms with E-state index in [-0.39, 0.29) is 11.7 Å². The quantitative estimate of drug-likeness (QED) is 0.383. The minimum Gasteiger partial charge on any atom is -0.233 e. The minimum atomic E-state index is -0.196. The molecule has 1 rings (SSSR count). The van der Waals surface area contributed by atoms with Gasteiger partial charge in [0.15, 0.2) is 0 Å². The van der Waals surface area contributed by atoms with Gasteiger partial charge in [0.2, 0.25) is 0 Å². The van der Waals surface area contributed by atoms with Crippen molar-refractivity contribution >= 4 is 0 Å². The maximum Gasteiger partial charge on any atom is 0.0952 e. The molecule has 0 bridgehead atoms. The monoisotopic (exact) mass is 198 g/mol. The SMILES string of the molecule is CC(C)(C)OOC1CCC=CCCC1. The van der Waals surface area contributed by atoms with Gasteiger partial charge in [0, 0.05) is 0 Å². The van der Waals surface area contributed by atoms with Crippen LogP contribution in [0.3, 0.4) is 0 Å². The highest BCUT2D eigenvalue weighted by Crippen LogP contribution is 2.18. The van der Waals surface area contributed by atoms with E-state index >= 15 is 0 Å². The van der Waals surface area contributed by atoms with E-state index in [0.717, 1.165) is 19.3 Å². The molecule has 1 atom stereocenters. The second-order valence-corrected chi connectivity index (χ2v) is 4.89. The largest absolute Gasteiger partial charge is 0.233 e. The molecule has 82 valence electrons. The zero-order chi connectivity index (χ0) is 10.4. The molecule has 0 fully saturated rings. The molecule has 1 aliphatic rings. The average molecular weight is 198 g/mol. The first kappa shape index (κ1) is 11.7. The van der Waals surface area contributed by atoms with Crippen molar-refractivity contribution in [3.63, 3.8) is 0 Å². The lowest BCUT2D eigenvalue weighted by molar-refractivity contribution is -0.374. The fourth-order valence-corrected chi connectivity index (χ4v) is 1.43. The van der Waals surface area contributed by atoms with Crippen molar-refractivity contribution in [1.29, 1.82) is 0 Å². The van der Waals surface area contributed by atoms with E-state index in [2.05, 4.69) is 12.2 Å². The maximum atomic E-state index is 5.45. The molecule has 1 unspecified atom stereocenters. The first-order valence-electron chi connectivity index (χ1n) is 5.57. The predicted octanol–water partition coefficient (Wildman–Crippen LogP) is 3.62. The molecular formula is C12H22O2. The Hall–Kier alpha value is -0.340. The highest BCUT2D eigenvalue weighted by molar-refractivity contribution is 4.85. The van der Waals surface area contributed by atoms with Crippen LogP contribution in [0.5, 0.6) is 0 Å². The zero-order valence-corrected chi connectivity index (χ0v) is 9.58. The number of allylic oxidation sites excluding steroid dienone is 2. The first-order chi connectivity index (χ1) is 6.58. The van der Waals surface area contributed by atoms with Crippen LogP contribution >= 0.6 is 0 Å². The number of rotatable bonds is 2. The van der Waals surface area contributed by atoms with Gasteiger partial charge in [-0.1, -0.05) is 12.2 Å². The molecule has 0 aromatic rings. The molecule has 0 aromatic carbocycles. The standard InChI is InChI=1S/C12H22O2/c1-12(2,3)14-13-11-9-7-5-4-6-8-10-11/h4-5,11H,6-10H2,1-3H3. The fourth-order valence-electron chi connectivity index (χ4n) is 1.43. The third-order valence-electron chi connectivity index (χ3n) is 2.15. The van der Waals surface area contributed by atoms with Gasteiger partial charge < -0.3 is 0 Å². The fraction of sp³-hybridized carbons (Fsp3) is 0.833. The van der Waals surface area contributed by atoms with E-state index in [0.29, 0.717) is 0 Å². The Morgan fingerprint density at radius 2 is 1.79 bits per heavy atom. The maximum absolute atomic E-state index is 5.45. The van der Waals surface area contributed by atoms with Gasteiger partial charge in [-0.15, -0.1) is 0 Å². The Morgan fingerprint density at radius 3 is 2.50 bits per heavy atom. The van der Waals surface area contributed by atoms with Crippen molar-refractivity contribution in [2.45, 2.75) is 64.6 Å². The highest BCUT2D eigenvalue weighted by atomic mass is 17.2. The Labute approximate surface area is 87.2 Å². The Balaban J connectivity index is 2.25. The normalized spacial score (nSPS) is 24.4. The van der Waals surface area contributed by atoms with Crippen LogP contribution in [0.4, 0.5) is 0 Å². The van der Waals surface area contributed by atoms with E-state index in [9.17, 15) is 0 Å². The van der Waals surface area contributed by atoms with Crippen molar-refractivity contribution in [3.8, 4) is 0 Å². The van der Waals surface area contributed by atoms with Crippen LogP contribution in [-0.2, 0) is 9.78 Å². The molecule has 0 saturated heterocycles. The van der Waals surface area contributed by atoms with Crippen LogP contribution in [0.25, 0.3) is 0 Å². The third kappa shape index (κ3) is 5.40. The van der Waals surface area contributed by atoms with Gasteiger partial charge in [-0.25, -0.2) is 9.78 Å². The van der Waals surface area contributed by atoms with E-state index < -0.39 is 0 Å². The van der Waals surface area contributed by atoms with E-state index in [1.165, 1.54) is 12.8 Å². The summed E-state index contributed by atoms with van der Waals surface area (Å²) in [6.45, 7) is 6.03.